The fourth-order valence-electron chi connectivity index (χ4n) is 2.06. The normalized spacial score (nSPS) is 12.4. The molecule has 1 amide bonds. The summed E-state index contributed by atoms with van der Waals surface area (Å²) in [5.41, 5.74) is 0.446. The lowest BCUT2D eigenvalue weighted by Crippen LogP contribution is -2.41. The summed E-state index contributed by atoms with van der Waals surface area (Å²) in [5, 5.41) is 2.63. The summed E-state index contributed by atoms with van der Waals surface area (Å²) < 4.78 is 45.1. The highest BCUT2D eigenvalue weighted by Gasteiger charge is 2.22. The van der Waals surface area contributed by atoms with Crippen LogP contribution in [0.5, 0.6) is 5.75 Å². The predicted molar refractivity (Wildman–Crippen MR) is 92.4 cm³/mol. The zero-order valence-electron chi connectivity index (χ0n) is 13.8. The summed E-state index contributed by atoms with van der Waals surface area (Å²) in [6.07, 6.45) is 0. The van der Waals surface area contributed by atoms with Gasteiger partial charge in [-0.3, -0.25) is 4.79 Å². The lowest BCUT2D eigenvalue weighted by molar-refractivity contribution is -0.117. The Balaban J connectivity index is 2.09. The van der Waals surface area contributed by atoms with Crippen molar-refractivity contribution in [3.63, 3.8) is 0 Å². The van der Waals surface area contributed by atoms with Crippen molar-refractivity contribution in [2.75, 3.05) is 11.9 Å². The van der Waals surface area contributed by atoms with Crippen LogP contribution in [0.4, 0.5) is 10.1 Å². The molecule has 1 atom stereocenters. The summed E-state index contributed by atoms with van der Waals surface area (Å²) in [5.74, 6) is -0.595. The van der Waals surface area contributed by atoms with Crippen LogP contribution in [0.1, 0.15) is 13.8 Å². The van der Waals surface area contributed by atoms with Crippen LogP contribution in [0.3, 0.4) is 0 Å². The Bertz CT molecular complexity index is 838. The Labute approximate surface area is 146 Å². The van der Waals surface area contributed by atoms with Gasteiger partial charge in [0.25, 0.3) is 0 Å². The van der Waals surface area contributed by atoms with Gasteiger partial charge < -0.3 is 10.1 Å². The number of para-hydroxylation sites is 2. The quantitative estimate of drug-likeness (QED) is 0.789. The number of hydrogen-bond acceptors (Lipinski definition) is 4. The average Bonchev–Trinajstić information content (AvgIpc) is 2.57. The number of rotatable bonds is 7. The van der Waals surface area contributed by atoms with Crippen LogP contribution in [0, 0.1) is 5.82 Å². The third-order valence-electron chi connectivity index (χ3n) is 3.29. The largest absolute Gasteiger partial charge is 0.492 e. The van der Waals surface area contributed by atoms with Crippen LogP contribution in [0.25, 0.3) is 0 Å². The third kappa shape index (κ3) is 5.01. The van der Waals surface area contributed by atoms with Crippen molar-refractivity contribution in [2.24, 2.45) is 0 Å². The Hall–Kier alpha value is -2.45. The second-order valence-corrected chi connectivity index (χ2v) is 6.93. The first-order valence-corrected chi connectivity index (χ1v) is 9.12. The zero-order valence-corrected chi connectivity index (χ0v) is 14.6. The van der Waals surface area contributed by atoms with E-state index in [4.69, 9.17) is 4.74 Å². The molecule has 0 heterocycles. The highest BCUT2D eigenvalue weighted by atomic mass is 32.2. The Kier molecular flexibility index (Phi) is 6.11. The number of anilines is 1. The molecule has 134 valence electrons. The van der Waals surface area contributed by atoms with E-state index in [-0.39, 0.29) is 4.90 Å². The Morgan fingerprint density at radius 3 is 2.44 bits per heavy atom. The van der Waals surface area contributed by atoms with E-state index in [1.807, 2.05) is 6.92 Å². The van der Waals surface area contributed by atoms with Crippen LogP contribution in [-0.4, -0.2) is 27.0 Å². The van der Waals surface area contributed by atoms with Gasteiger partial charge in [0.05, 0.1) is 23.2 Å². The maximum atomic E-state index is 12.9. The summed E-state index contributed by atoms with van der Waals surface area (Å²) in [7, 11) is -3.94. The molecule has 0 fully saturated rings. The summed E-state index contributed by atoms with van der Waals surface area (Å²) >= 11 is 0. The van der Waals surface area contributed by atoms with E-state index in [1.54, 1.807) is 24.3 Å². The van der Waals surface area contributed by atoms with Crippen molar-refractivity contribution in [3.8, 4) is 5.75 Å². The fourth-order valence-corrected chi connectivity index (χ4v) is 3.26. The Morgan fingerprint density at radius 2 is 1.80 bits per heavy atom. The van der Waals surface area contributed by atoms with Crippen LogP contribution in [0.15, 0.2) is 53.4 Å². The van der Waals surface area contributed by atoms with E-state index in [9.17, 15) is 17.6 Å². The number of halogens is 1. The number of sulfonamides is 1. The molecular weight excluding hydrogens is 347 g/mol. The highest BCUT2D eigenvalue weighted by Crippen LogP contribution is 2.23. The van der Waals surface area contributed by atoms with Gasteiger partial charge in [0.2, 0.25) is 15.9 Å². The topological polar surface area (TPSA) is 84.5 Å². The Morgan fingerprint density at radius 1 is 1.16 bits per heavy atom. The number of amides is 1. The minimum atomic E-state index is -3.94. The first-order chi connectivity index (χ1) is 11.8. The molecule has 0 aliphatic rings. The molecule has 2 aromatic carbocycles. The second-order valence-electron chi connectivity index (χ2n) is 5.22. The molecule has 0 spiro atoms. The summed E-state index contributed by atoms with van der Waals surface area (Å²) in [6.45, 7) is 3.66. The van der Waals surface area contributed by atoms with Crippen molar-refractivity contribution in [2.45, 2.75) is 24.8 Å². The monoisotopic (exact) mass is 366 g/mol. The van der Waals surface area contributed by atoms with Gasteiger partial charge in [0.1, 0.15) is 11.6 Å². The van der Waals surface area contributed by atoms with E-state index >= 15 is 0 Å². The molecule has 0 unspecified atom stereocenters. The van der Waals surface area contributed by atoms with E-state index < -0.39 is 27.8 Å². The lowest BCUT2D eigenvalue weighted by Gasteiger charge is -2.16. The SMILES string of the molecule is CCOc1ccccc1NC(=O)[C@@H](C)NS(=O)(=O)c1ccc(F)cc1. The van der Waals surface area contributed by atoms with Gasteiger partial charge in [-0.25, -0.2) is 12.8 Å². The van der Waals surface area contributed by atoms with Gasteiger partial charge in [-0.15, -0.1) is 0 Å². The molecule has 2 rings (SSSR count). The van der Waals surface area contributed by atoms with E-state index in [2.05, 4.69) is 10.0 Å². The van der Waals surface area contributed by atoms with Crippen molar-refractivity contribution in [3.05, 3.63) is 54.3 Å². The van der Waals surface area contributed by atoms with Gasteiger partial charge in [0, 0.05) is 0 Å². The van der Waals surface area contributed by atoms with Crippen molar-refractivity contribution >= 4 is 21.6 Å². The minimum Gasteiger partial charge on any atom is -0.492 e. The maximum absolute atomic E-state index is 12.9. The number of benzene rings is 2. The highest BCUT2D eigenvalue weighted by molar-refractivity contribution is 7.89. The molecule has 8 heteroatoms. The molecule has 0 radical (unpaired) electrons. The molecule has 0 aromatic heterocycles. The van der Waals surface area contributed by atoms with Crippen LogP contribution >= 0.6 is 0 Å². The second kappa shape index (κ2) is 8.09. The third-order valence-corrected chi connectivity index (χ3v) is 4.85. The zero-order chi connectivity index (χ0) is 18.4. The number of carbonyl (C=O) groups excluding carboxylic acids is 1. The lowest BCUT2D eigenvalue weighted by atomic mass is 10.2. The van der Waals surface area contributed by atoms with E-state index in [0.717, 1.165) is 24.3 Å². The standard InChI is InChI=1S/C17H19FN2O4S/c1-3-24-16-7-5-4-6-15(16)19-17(21)12(2)20-25(22,23)14-10-8-13(18)9-11-14/h4-12,20H,3H2,1-2H3,(H,19,21)/t12-/m1/s1. The molecule has 0 bridgehead atoms. The number of ether oxygens (including phenoxy) is 1. The maximum Gasteiger partial charge on any atom is 0.242 e. The molecule has 0 aliphatic carbocycles. The first-order valence-electron chi connectivity index (χ1n) is 7.64. The molecule has 0 saturated heterocycles. The van der Waals surface area contributed by atoms with Gasteiger partial charge in [-0.1, -0.05) is 12.1 Å². The molecule has 2 aromatic rings. The molecular formula is C17H19FN2O4S. The van der Waals surface area contributed by atoms with Gasteiger partial charge in [0.15, 0.2) is 0 Å². The van der Waals surface area contributed by atoms with Crippen LogP contribution in [-0.2, 0) is 14.8 Å². The van der Waals surface area contributed by atoms with E-state index in [1.165, 1.54) is 6.92 Å². The van der Waals surface area contributed by atoms with Gasteiger partial charge >= 0.3 is 0 Å². The number of nitrogens with one attached hydrogen (secondary N) is 2. The van der Waals surface area contributed by atoms with Crippen molar-refractivity contribution in [1.82, 2.24) is 4.72 Å². The predicted octanol–water partition coefficient (Wildman–Crippen LogP) is 2.53. The first kappa shape index (κ1) is 18.9. The van der Waals surface area contributed by atoms with E-state index in [0.29, 0.717) is 18.0 Å². The number of carbonyl (C=O) groups is 1. The minimum absolute atomic E-state index is 0.122. The summed E-state index contributed by atoms with van der Waals surface area (Å²) in [6, 6.07) is 10.2. The summed E-state index contributed by atoms with van der Waals surface area (Å²) in [4.78, 5) is 12.2. The molecule has 25 heavy (non-hydrogen) atoms. The van der Waals surface area contributed by atoms with Gasteiger partial charge in [-0.2, -0.15) is 4.72 Å². The molecule has 2 N–H and O–H groups in total. The molecule has 6 nitrogen and oxygen atoms in total. The smallest absolute Gasteiger partial charge is 0.242 e. The van der Waals surface area contributed by atoms with Crippen molar-refractivity contribution < 1.29 is 22.3 Å². The van der Waals surface area contributed by atoms with Crippen molar-refractivity contribution in [1.29, 1.82) is 0 Å². The number of hydrogen-bond donors (Lipinski definition) is 2. The van der Waals surface area contributed by atoms with Crippen LogP contribution < -0.4 is 14.8 Å². The molecule has 0 saturated carbocycles. The fraction of sp³-hybridized carbons (Fsp3) is 0.235. The average molecular weight is 366 g/mol. The molecule has 0 aliphatic heterocycles. The van der Waals surface area contributed by atoms with Gasteiger partial charge in [-0.05, 0) is 50.2 Å². The van der Waals surface area contributed by atoms with Crippen LogP contribution in [0.2, 0.25) is 0 Å².